The van der Waals surface area contributed by atoms with E-state index in [0.29, 0.717) is 0 Å². The lowest BCUT2D eigenvalue weighted by Gasteiger charge is -2.07. The third-order valence-electron chi connectivity index (χ3n) is 4.42. The lowest BCUT2D eigenvalue weighted by atomic mass is 10.1. The van der Waals surface area contributed by atoms with Crippen LogP contribution in [0, 0.1) is 0 Å². The molecule has 0 aliphatic carbocycles. The lowest BCUT2D eigenvalue weighted by Crippen LogP contribution is -2.07. The Morgan fingerprint density at radius 3 is 1.68 bits per heavy atom. The fourth-order valence-electron chi connectivity index (χ4n) is 3.29. The van der Waals surface area contributed by atoms with Crippen LogP contribution in [0.3, 0.4) is 0 Å². The summed E-state index contributed by atoms with van der Waals surface area (Å²) in [6.45, 7) is 3.41. The number of aryl methyl sites for hydroxylation is 1. The molecule has 0 bridgehead atoms. The van der Waals surface area contributed by atoms with Crippen LogP contribution in [0.2, 0.25) is 0 Å². The van der Waals surface area contributed by atoms with Gasteiger partial charge in [-0.1, -0.05) is 75.4 Å². The van der Waals surface area contributed by atoms with Gasteiger partial charge in [0.05, 0.1) is 0 Å². The highest BCUT2D eigenvalue weighted by Crippen LogP contribution is 2.29. The van der Waals surface area contributed by atoms with Gasteiger partial charge < -0.3 is 19.6 Å². The van der Waals surface area contributed by atoms with Gasteiger partial charge in [-0.3, -0.25) is 0 Å². The zero-order chi connectivity index (χ0) is 18.1. The predicted octanol–water partition coefficient (Wildman–Crippen LogP) is 4.10. The van der Waals surface area contributed by atoms with Crippen LogP contribution >= 0.6 is 0 Å². The van der Waals surface area contributed by atoms with Gasteiger partial charge in [-0.2, -0.15) is 0 Å². The van der Waals surface area contributed by atoms with E-state index in [1.165, 1.54) is 60.3 Å². The van der Waals surface area contributed by atoms with E-state index in [9.17, 15) is 0 Å². The molecular formula is C20H28BNO3. The number of unbranched alkanes of at least 4 members (excludes halogenated alkanes) is 5. The van der Waals surface area contributed by atoms with E-state index < -0.39 is 7.32 Å². The number of rotatable bonds is 7. The Bertz CT molecular complexity index is 714. The van der Waals surface area contributed by atoms with Crippen LogP contribution < -0.4 is 0 Å². The first-order chi connectivity index (χ1) is 12.1. The number of hydrogen-bond donors (Lipinski definition) is 3. The second kappa shape index (κ2) is 10.2. The Morgan fingerprint density at radius 1 is 0.720 bits per heavy atom. The molecular weight excluding hydrogens is 313 g/mol. The van der Waals surface area contributed by atoms with Gasteiger partial charge in [0.25, 0.3) is 0 Å². The van der Waals surface area contributed by atoms with Crippen molar-refractivity contribution in [2.75, 3.05) is 0 Å². The van der Waals surface area contributed by atoms with Gasteiger partial charge in [-0.05, 0) is 18.6 Å². The Kier molecular flexibility index (Phi) is 7.99. The first-order valence-electron chi connectivity index (χ1n) is 9.15. The second-order valence-electron chi connectivity index (χ2n) is 6.30. The van der Waals surface area contributed by atoms with Gasteiger partial charge >= 0.3 is 7.32 Å². The summed E-state index contributed by atoms with van der Waals surface area (Å²) in [6, 6.07) is 17.6. The number of fused-ring (bicyclic) bond motifs is 3. The average molecular weight is 341 g/mol. The molecule has 5 heteroatoms. The smallest absolute Gasteiger partial charge is 0.402 e. The zero-order valence-corrected chi connectivity index (χ0v) is 14.9. The fraction of sp³-hybridized carbons (Fsp3) is 0.400. The molecule has 2 aromatic carbocycles. The quantitative estimate of drug-likeness (QED) is 0.448. The normalized spacial score (nSPS) is 10.7. The highest BCUT2D eigenvalue weighted by atomic mass is 16.5. The maximum atomic E-state index is 7.17. The average Bonchev–Trinajstić information content (AvgIpc) is 2.92. The Balaban J connectivity index is 0.000000511. The van der Waals surface area contributed by atoms with Gasteiger partial charge in [0.15, 0.2) is 0 Å². The highest BCUT2D eigenvalue weighted by Gasteiger charge is 2.08. The summed E-state index contributed by atoms with van der Waals surface area (Å²) in [5.41, 5.74) is 2.76. The number of nitrogens with zero attached hydrogens (tertiary/aromatic N) is 1. The molecule has 134 valence electrons. The predicted molar refractivity (Wildman–Crippen MR) is 105 cm³/mol. The van der Waals surface area contributed by atoms with Crippen LogP contribution in [-0.2, 0) is 6.54 Å². The summed E-state index contributed by atoms with van der Waals surface area (Å²) in [5.74, 6) is 0. The Morgan fingerprint density at radius 2 is 1.16 bits per heavy atom. The Labute approximate surface area is 149 Å². The highest BCUT2D eigenvalue weighted by molar-refractivity contribution is 6.30. The molecule has 0 unspecified atom stereocenters. The maximum Gasteiger partial charge on any atom is 0.631 e. The van der Waals surface area contributed by atoms with Crippen LogP contribution in [0.15, 0.2) is 48.5 Å². The van der Waals surface area contributed by atoms with Crippen molar-refractivity contribution in [1.82, 2.24) is 4.57 Å². The number of para-hydroxylation sites is 2. The minimum Gasteiger partial charge on any atom is -0.402 e. The molecule has 0 radical (unpaired) electrons. The van der Waals surface area contributed by atoms with Crippen molar-refractivity contribution < 1.29 is 15.1 Å². The van der Waals surface area contributed by atoms with Gasteiger partial charge in [-0.25, -0.2) is 0 Å². The minimum absolute atomic E-state index is 1.14. The maximum absolute atomic E-state index is 7.17. The van der Waals surface area contributed by atoms with Crippen molar-refractivity contribution in [2.45, 2.75) is 52.0 Å². The largest absolute Gasteiger partial charge is 0.631 e. The second-order valence-corrected chi connectivity index (χ2v) is 6.30. The summed E-state index contributed by atoms with van der Waals surface area (Å²) in [7, 11) is -2.17. The summed E-state index contributed by atoms with van der Waals surface area (Å²) in [5, 5.41) is 24.3. The molecule has 3 aromatic rings. The molecule has 3 N–H and O–H groups in total. The standard InChI is InChI=1S/C20H25N.BH3O3/c1-2-3-4-5-6-11-16-21-19-14-9-7-12-17(19)18-13-8-10-15-20(18)21;2-1(3)4/h7-10,12-15H,2-6,11,16H2,1H3;2-4H. The number of hydrogen-bond acceptors (Lipinski definition) is 3. The molecule has 0 aliphatic rings. The number of benzene rings is 2. The van der Waals surface area contributed by atoms with E-state index >= 15 is 0 Å². The third kappa shape index (κ3) is 5.60. The Hall–Kier alpha value is -1.82. The molecule has 0 atom stereocenters. The van der Waals surface area contributed by atoms with Crippen LogP contribution in [-0.4, -0.2) is 27.0 Å². The molecule has 1 aromatic heterocycles. The van der Waals surface area contributed by atoms with E-state index in [1.807, 2.05) is 0 Å². The minimum atomic E-state index is -2.17. The summed E-state index contributed by atoms with van der Waals surface area (Å²) >= 11 is 0. The molecule has 0 spiro atoms. The molecule has 1 heterocycles. The van der Waals surface area contributed by atoms with E-state index in [1.54, 1.807) is 0 Å². The van der Waals surface area contributed by atoms with Crippen molar-refractivity contribution in [1.29, 1.82) is 0 Å². The van der Waals surface area contributed by atoms with Crippen molar-refractivity contribution in [3.05, 3.63) is 48.5 Å². The van der Waals surface area contributed by atoms with Gasteiger partial charge in [0, 0.05) is 28.4 Å². The molecule has 0 fully saturated rings. The first-order valence-corrected chi connectivity index (χ1v) is 9.15. The topological polar surface area (TPSA) is 65.6 Å². The first kappa shape index (κ1) is 19.5. The fourth-order valence-corrected chi connectivity index (χ4v) is 3.29. The monoisotopic (exact) mass is 341 g/mol. The SMILES string of the molecule is CCCCCCCCn1c2ccccc2c2ccccc21.OB(O)O. The van der Waals surface area contributed by atoms with E-state index in [2.05, 4.69) is 60.0 Å². The van der Waals surface area contributed by atoms with Gasteiger partial charge in [0.2, 0.25) is 0 Å². The van der Waals surface area contributed by atoms with Crippen molar-refractivity contribution in [3.63, 3.8) is 0 Å². The van der Waals surface area contributed by atoms with Crippen LogP contribution in [0.1, 0.15) is 45.4 Å². The van der Waals surface area contributed by atoms with Crippen molar-refractivity contribution >= 4 is 29.1 Å². The summed E-state index contributed by atoms with van der Waals surface area (Å²) in [4.78, 5) is 0. The molecule has 4 nitrogen and oxygen atoms in total. The van der Waals surface area contributed by atoms with Gasteiger partial charge in [-0.15, -0.1) is 0 Å². The van der Waals surface area contributed by atoms with Crippen molar-refractivity contribution in [3.8, 4) is 0 Å². The zero-order valence-electron chi connectivity index (χ0n) is 14.9. The molecule has 25 heavy (non-hydrogen) atoms. The van der Waals surface area contributed by atoms with Crippen LogP contribution in [0.5, 0.6) is 0 Å². The molecule has 0 saturated carbocycles. The van der Waals surface area contributed by atoms with Crippen LogP contribution in [0.25, 0.3) is 21.8 Å². The summed E-state index contributed by atoms with van der Waals surface area (Å²) < 4.78 is 2.50. The van der Waals surface area contributed by atoms with Crippen molar-refractivity contribution in [2.24, 2.45) is 0 Å². The summed E-state index contributed by atoms with van der Waals surface area (Å²) in [6.07, 6.45) is 8.12. The molecule has 0 saturated heterocycles. The van der Waals surface area contributed by atoms with Crippen LogP contribution in [0.4, 0.5) is 0 Å². The van der Waals surface area contributed by atoms with E-state index in [0.717, 1.165) is 6.54 Å². The molecule has 0 aliphatic heterocycles. The van der Waals surface area contributed by atoms with E-state index in [-0.39, 0.29) is 0 Å². The third-order valence-corrected chi connectivity index (χ3v) is 4.42. The molecule has 0 amide bonds. The number of aromatic nitrogens is 1. The lowest BCUT2D eigenvalue weighted by molar-refractivity contribution is 0.278. The molecule has 3 rings (SSSR count). The van der Waals surface area contributed by atoms with Gasteiger partial charge in [0.1, 0.15) is 0 Å². The van der Waals surface area contributed by atoms with E-state index in [4.69, 9.17) is 15.1 Å².